The zero-order chi connectivity index (χ0) is 28.0. The van der Waals surface area contributed by atoms with Gasteiger partial charge in [-0.3, -0.25) is 19.3 Å². The van der Waals surface area contributed by atoms with Crippen LogP contribution >= 0.6 is 0 Å². The topological polar surface area (TPSA) is 110 Å². The predicted octanol–water partition coefficient (Wildman–Crippen LogP) is 2.79. The first-order chi connectivity index (χ1) is 19.2. The second-order valence-electron chi connectivity index (χ2n) is 13.1. The minimum absolute atomic E-state index is 0.0238. The Balaban J connectivity index is 1.03. The number of nitrogens with zero attached hydrogens (tertiary/aromatic N) is 1. The van der Waals surface area contributed by atoms with Crippen LogP contribution in [0.25, 0.3) is 0 Å². The number of carbonyl (C=O) groups excluding carboxylic acids is 3. The highest BCUT2D eigenvalue weighted by molar-refractivity contribution is 5.75. The molecule has 10 nitrogen and oxygen atoms in total. The van der Waals surface area contributed by atoms with Crippen LogP contribution in [-0.4, -0.2) is 97.4 Å². The molecule has 0 saturated carbocycles. The van der Waals surface area contributed by atoms with Crippen LogP contribution in [0.5, 0.6) is 0 Å². The third-order valence-corrected chi connectivity index (χ3v) is 9.72. The van der Waals surface area contributed by atoms with Crippen molar-refractivity contribution in [2.24, 2.45) is 17.8 Å². The molecule has 0 aromatic rings. The lowest BCUT2D eigenvalue weighted by Gasteiger charge is -2.31. The first kappa shape index (κ1) is 28.4. The van der Waals surface area contributed by atoms with E-state index >= 15 is 0 Å². The lowest BCUT2D eigenvalue weighted by molar-refractivity contribution is -0.158. The molecule has 0 aromatic heterocycles. The van der Waals surface area contributed by atoms with Crippen molar-refractivity contribution in [3.8, 4) is 0 Å². The molecule has 0 aliphatic carbocycles. The SMILES string of the molecule is CC(CN(CC(C)OC(=O)C1CC2CCC1O2)CC(C)OC(=O)C1CC2CCC1O2)OC(=O)C1CC2CCC1O2. The molecule has 0 radical (unpaired) electrons. The summed E-state index contributed by atoms with van der Waals surface area (Å²) < 4.78 is 35.1. The molecule has 10 heteroatoms. The third kappa shape index (κ3) is 6.20. The lowest BCUT2D eigenvalue weighted by Crippen LogP contribution is -2.45. The summed E-state index contributed by atoms with van der Waals surface area (Å²) in [7, 11) is 0. The summed E-state index contributed by atoms with van der Waals surface area (Å²) in [6.45, 7) is 6.95. The highest BCUT2D eigenvalue weighted by Gasteiger charge is 2.48. The summed E-state index contributed by atoms with van der Waals surface area (Å²) in [6.07, 6.45) is 7.35. The molecule has 6 heterocycles. The maximum Gasteiger partial charge on any atom is 0.311 e. The molecule has 224 valence electrons. The Kier molecular flexibility index (Phi) is 8.41. The van der Waals surface area contributed by atoms with E-state index in [1.165, 1.54) is 0 Å². The number of fused-ring (bicyclic) bond motifs is 6. The van der Waals surface area contributed by atoms with Crippen LogP contribution in [0, 0.1) is 17.8 Å². The quantitative estimate of drug-likeness (QED) is 0.260. The molecular weight excluding hydrogens is 518 g/mol. The van der Waals surface area contributed by atoms with Gasteiger partial charge in [-0.2, -0.15) is 0 Å². The fraction of sp³-hybridized carbons (Fsp3) is 0.900. The summed E-state index contributed by atoms with van der Waals surface area (Å²) in [5, 5.41) is 0. The van der Waals surface area contributed by atoms with Crippen molar-refractivity contribution in [1.82, 2.24) is 4.90 Å². The van der Waals surface area contributed by atoms with Crippen LogP contribution < -0.4 is 0 Å². The monoisotopic (exact) mass is 563 g/mol. The minimum atomic E-state index is -0.379. The van der Waals surface area contributed by atoms with Crippen LogP contribution in [0.4, 0.5) is 0 Å². The molecule has 40 heavy (non-hydrogen) atoms. The summed E-state index contributed by atoms with van der Waals surface area (Å²) >= 11 is 0. The first-order valence-electron chi connectivity index (χ1n) is 15.5. The maximum atomic E-state index is 12.9. The molecule has 0 amide bonds. The number of ether oxygens (including phenoxy) is 6. The van der Waals surface area contributed by atoms with Gasteiger partial charge in [0.2, 0.25) is 0 Å². The van der Waals surface area contributed by atoms with Crippen LogP contribution in [0.1, 0.15) is 78.6 Å². The molecule has 6 aliphatic rings. The fourth-order valence-electron chi connectivity index (χ4n) is 7.94. The van der Waals surface area contributed by atoms with Crippen LogP contribution in [0.2, 0.25) is 0 Å². The first-order valence-corrected chi connectivity index (χ1v) is 15.5. The van der Waals surface area contributed by atoms with Crippen molar-refractivity contribution in [2.45, 2.75) is 133 Å². The zero-order valence-electron chi connectivity index (χ0n) is 24.0. The van der Waals surface area contributed by atoms with Crippen molar-refractivity contribution >= 4 is 17.9 Å². The van der Waals surface area contributed by atoms with Crippen molar-refractivity contribution < 1.29 is 42.8 Å². The molecular formula is C30H45NO9. The standard InChI is InChI=1S/C30H45NO9/c1-16(35-28(32)22-10-19-4-7-25(22)38-19)13-31(14-17(2)36-29(33)23-11-20-5-8-26(23)39-20)15-18(3)37-30(34)24-12-21-6-9-27(24)40-21/h16-27H,4-15H2,1-3H3. The molecule has 6 fully saturated rings. The van der Waals surface area contributed by atoms with Gasteiger partial charge in [0.05, 0.1) is 54.4 Å². The smallest absolute Gasteiger partial charge is 0.311 e. The van der Waals surface area contributed by atoms with E-state index in [-0.39, 0.29) is 90.6 Å². The Morgan fingerprint density at radius 1 is 0.575 bits per heavy atom. The van der Waals surface area contributed by atoms with E-state index < -0.39 is 0 Å². The van der Waals surface area contributed by atoms with Crippen LogP contribution in [0.15, 0.2) is 0 Å². The van der Waals surface area contributed by atoms with E-state index in [2.05, 4.69) is 4.90 Å². The maximum absolute atomic E-state index is 12.9. The Morgan fingerprint density at radius 3 is 1.10 bits per heavy atom. The largest absolute Gasteiger partial charge is 0.461 e. The lowest BCUT2D eigenvalue weighted by atomic mass is 9.89. The third-order valence-electron chi connectivity index (χ3n) is 9.72. The van der Waals surface area contributed by atoms with Crippen molar-refractivity contribution in [1.29, 1.82) is 0 Å². The minimum Gasteiger partial charge on any atom is -0.461 e. The van der Waals surface area contributed by atoms with Crippen LogP contribution in [0.3, 0.4) is 0 Å². The average Bonchev–Trinajstić information content (AvgIpc) is 3.76. The average molecular weight is 564 g/mol. The van der Waals surface area contributed by atoms with Gasteiger partial charge in [0.25, 0.3) is 0 Å². The van der Waals surface area contributed by atoms with Crippen molar-refractivity contribution in [3.63, 3.8) is 0 Å². The van der Waals surface area contributed by atoms with Gasteiger partial charge in [-0.25, -0.2) is 0 Å². The molecule has 0 N–H and O–H groups in total. The molecule has 6 aliphatic heterocycles. The second-order valence-corrected chi connectivity index (χ2v) is 13.1. The Bertz CT molecular complexity index is 841. The Morgan fingerprint density at radius 2 is 0.875 bits per heavy atom. The molecule has 12 atom stereocenters. The number of rotatable bonds is 12. The molecule has 12 unspecified atom stereocenters. The van der Waals surface area contributed by atoms with Crippen LogP contribution in [-0.2, 0) is 42.8 Å². The highest BCUT2D eigenvalue weighted by Crippen LogP contribution is 2.41. The normalized spacial score (nSPS) is 39.5. The van der Waals surface area contributed by atoms with Gasteiger partial charge in [0.1, 0.15) is 18.3 Å². The summed E-state index contributed by atoms with van der Waals surface area (Å²) in [5.74, 6) is -1.18. The van der Waals surface area contributed by atoms with E-state index in [1.807, 2.05) is 20.8 Å². The van der Waals surface area contributed by atoms with E-state index in [4.69, 9.17) is 28.4 Å². The number of hydrogen-bond donors (Lipinski definition) is 0. The van der Waals surface area contributed by atoms with E-state index in [0.717, 1.165) is 57.8 Å². The summed E-state index contributed by atoms with van der Waals surface area (Å²) in [4.78, 5) is 40.8. The molecule has 6 rings (SSSR count). The number of carbonyl (C=O) groups is 3. The van der Waals surface area contributed by atoms with Gasteiger partial charge >= 0.3 is 17.9 Å². The van der Waals surface area contributed by atoms with Gasteiger partial charge < -0.3 is 28.4 Å². The fourth-order valence-corrected chi connectivity index (χ4v) is 7.94. The van der Waals surface area contributed by atoms with E-state index in [1.54, 1.807) is 0 Å². The van der Waals surface area contributed by atoms with Gasteiger partial charge in [-0.1, -0.05) is 0 Å². The second kappa shape index (κ2) is 11.9. The highest BCUT2D eigenvalue weighted by atomic mass is 16.6. The molecule has 6 bridgehead atoms. The van der Waals surface area contributed by atoms with Crippen molar-refractivity contribution in [3.05, 3.63) is 0 Å². The Hall–Kier alpha value is -1.75. The number of hydrogen-bond acceptors (Lipinski definition) is 10. The zero-order valence-corrected chi connectivity index (χ0v) is 24.0. The molecule has 6 saturated heterocycles. The van der Waals surface area contributed by atoms with Gasteiger partial charge in [-0.15, -0.1) is 0 Å². The van der Waals surface area contributed by atoms with Gasteiger partial charge in [0, 0.05) is 19.6 Å². The van der Waals surface area contributed by atoms with Crippen molar-refractivity contribution in [2.75, 3.05) is 19.6 Å². The Labute approximate surface area is 236 Å². The van der Waals surface area contributed by atoms with E-state index in [9.17, 15) is 14.4 Å². The van der Waals surface area contributed by atoms with Gasteiger partial charge in [-0.05, 0) is 78.6 Å². The summed E-state index contributed by atoms with van der Waals surface area (Å²) in [5.41, 5.74) is 0. The van der Waals surface area contributed by atoms with E-state index in [0.29, 0.717) is 19.6 Å². The molecule has 0 aromatic carbocycles. The van der Waals surface area contributed by atoms with Gasteiger partial charge in [0.15, 0.2) is 0 Å². The predicted molar refractivity (Wildman–Crippen MR) is 141 cm³/mol. The summed E-state index contributed by atoms with van der Waals surface area (Å²) in [6, 6.07) is 0. The number of esters is 3. The molecule has 0 spiro atoms.